The van der Waals surface area contributed by atoms with Gasteiger partial charge in [-0.3, -0.25) is 0 Å². The molecule has 0 N–H and O–H groups in total. The summed E-state index contributed by atoms with van der Waals surface area (Å²) < 4.78 is 91.4. The lowest BCUT2D eigenvalue weighted by atomic mass is 10.2. The highest BCUT2D eigenvalue weighted by atomic mass is 19.3. The van der Waals surface area contributed by atoms with Gasteiger partial charge >= 0.3 is 36.1 Å². The van der Waals surface area contributed by atoms with E-state index in [1.54, 1.807) is 0 Å². The summed E-state index contributed by atoms with van der Waals surface area (Å²) in [7, 11) is 0. The van der Waals surface area contributed by atoms with E-state index in [0.29, 0.717) is 0 Å². The van der Waals surface area contributed by atoms with Crippen molar-refractivity contribution in [3.8, 4) is 11.5 Å². The molecule has 0 bridgehead atoms. The molecule has 0 saturated carbocycles. The molecule has 0 amide bonds. The van der Waals surface area contributed by atoms with Gasteiger partial charge in [-0.15, -0.1) is 0 Å². The second-order valence-electron chi connectivity index (χ2n) is 5.59. The molecule has 0 fully saturated rings. The highest BCUT2D eigenvalue weighted by molar-refractivity contribution is 5.90. The van der Waals surface area contributed by atoms with E-state index in [0.717, 1.165) is 48.5 Å². The summed E-state index contributed by atoms with van der Waals surface area (Å²) in [5.41, 5.74) is -0.00857. The quantitative estimate of drug-likeness (QED) is 0.211. The molecule has 6 nitrogen and oxygen atoms in total. The Morgan fingerprint density at radius 1 is 0.562 bits per heavy atom. The molecule has 0 aliphatic rings. The van der Waals surface area contributed by atoms with Gasteiger partial charge in [-0.2, -0.15) is 26.3 Å². The lowest BCUT2D eigenvalue weighted by molar-refractivity contribution is 0.0265. The molecule has 0 aromatic heterocycles. The van der Waals surface area contributed by atoms with E-state index in [9.17, 15) is 35.9 Å². The highest BCUT2D eigenvalue weighted by Gasteiger charge is 2.13. The minimum Gasteiger partial charge on any atom is -0.458 e. The van der Waals surface area contributed by atoms with Gasteiger partial charge in [0.2, 0.25) is 0 Å². The molecule has 0 unspecified atom stereocenters. The molecular weight excluding hydrogens is 450 g/mol. The molecule has 0 heterocycles. The number of hydrogen-bond donors (Lipinski definition) is 0. The third-order valence-electron chi connectivity index (χ3n) is 3.44. The maximum Gasteiger partial charge on any atom is 0.344 e. The summed E-state index contributed by atoms with van der Waals surface area (Å²) in [5, 5.41) is 0. The zero-order valence-corrected chi connectivity index (χ0v) is 15.8. The summed E-state index contributed by atoms with van der Waals surface area (Å²) in [6.07, 6.45) is -5.27. The Hall–Kier alpha value is -3.96. The number of benzene rings is 2. The van der Waals surface area contributed by atoms with E-state index >= 15 is 0 Å². The normalized spacial score (nSPS) is 10.1. The van der Waals surface area contributed by atoms with Crippen LogP contribution in [0.3, 0.4) is 0 Å². The lowest BCUT2D eigenvalue weighted by Gasteiger charge is -2.08. The van der Waals surface area contributed by atoms with Gasteiger partial charge < -0.3 is 18.9 Å². The van der Waals surface area contributed by atoms with Crippen LogP contribution in [0.15, 0.2) is 72.7 Å². The van der Waals surface area contributed by atoms with Crippen LogP contribution < -0.4 is 9.47 Å². The van der Waals surface area contributed by atoms with Gasteiger partial charge in [0.1, 0.15) is 24.7 Å². The fourth-order valence-electron chi connectivity index (χ4n) is 2.04. The Balaban J connectivity index is 1.78. The number of esters is 2. The van der Waals surface area contributed by atoms with Gasteiger partial charge in [0.15, 0.2) is 0 Å². The second-order valence-corrected chi connectivity index (χ2v) is 5.59. The van der Waals surface area contributed by atoms with Gasteiger partial charge in [0.05, 0.1) is 11.1 Å². The first-order valence-corrected chi connectivity index (χ1v) is 8.49. The van der Waals surface area contributed by atoms with Crippen LogP contribution in [-0.2, 0) is 9.47 Å². The predicted molar refractivity (Wildman–Crippen MR) is 95.4 cm³/mol. The zero-order chi connectivity index (χ0) is 23.7. The molecule has 2 rings (SSSR count). The number of halogens is 6. The Bertz CT molecular complexity index is 926. The molecule has 32 heavy (non-hydrogen) atoms. The van der Waals surface area contributed by atoms with Gasteiger partial charge in [0.25, 0.3) is 0 Å². The number of carbonyl (C=O) groups is 2. The number of rotatable bonds is 9. The van der Waals surface area contributed by atoms with Gasteiger partial charge in [-0.05, 0) is 48.5 Å². The molecule has 0 aliphatic carbocycles. The molecule has 2 aromatic carbocycles. The first kappa shape index (κ1) is 24.3. The minimum absolute atomic E-state index is 0.00429. The van der Waals surface area contributed by atoms with Crippen molar-refractivity contribution >= 4 is 11.9 Å². The minimum atomic E-state index is -2.63. The van der Waals surface area contributed by atoms with Crippen LogP contribution in [0.25, 0.3) is 0 Å². The number of carbonyl (C=O) groups excluding carboxylic acids is 2. The van der Waals surface area contributed by atoms with E-state index in [1.807, 2.05) is 0 Å². The van der Waals surface area contributed by atoms with Crippen molar-refractivity contribution in [2.24, 2.45) is 0 Å². The van der Waals surface area contributed by atoms with Crippen LogP contribution >= 0.6 is 0 Å². The SMILES string of the molecule is O=C(OCCOC(=O)c1ccc(OC(F)=C(F)F)cc1)c1ccc(OC(F)=C(F)F)cc1. The van der Waals surface area contributed by atoms with Crippen molar-refractivity contribution in [1.82, 2.24) is 0 Å². The molecule has 0 atom stereocenters. The predicted octanol–water partition coefficient (Wildman–Crippen LogP) is 5.53. The third kappa shape index (κ3) is 7.38. The van der Waals surface area contributed by atoms with Crippen LogP contribution in [0.5, 0.6) is 11.5 Å². The summed E-state index contributed by atoms with van der Waals surface area (Å²) in [4.78, 5) is 23.7. The molecule has 0 saturated heterocycles. The molecule has 170 valence electrons. The summed E-state index contributed by atoms with van der Waals surface area (Å²) in [5.74, 6) is -2.22. The van der Waals surface area contributed by atoms with E-state index in [2.05, 4.69) is 9.47 Å². The van der Waals surface area contributed by atoms with Crippen molar-refractivity contribution in [3.05, 3.63) is 83.8 Å². The lowest BCUT2D eigenvalue weighted by Crippen LogP contribution is -2.14. The van der Waals surface area contributed by atoms with Crippen LogP contribution in [0.1, 0.15) is 20.7 Å². The highest BCUT2D eigenvalue weighted by Crippen LogP contribution is 2.20. The van der Waals surface area contributed by atoms with Crippen molar-refractivity contribution in [2.45, 2.75) is 0 Å². The zero-order valence-electron chi connectivity index (χ0n) is 15.8. The number of hydrogen-bond acceptors (Lipinski definition) is 6. The second kappa shape index (κ2) is 11.4. The maximum absolute atomic E-state index is 12.7. The topological polar surface area (TPSA) is 71.1 Å². The maximum atomic E-state index is 12.7. The fourth-order valence-corrected chi connectivity index (χ4v) is 2.04. The van der Waals surface area contributed by atoms with Gasteiger partial charge in [-0.25, -0.2) is 9.59 Å². The summed E-state index contributed by atoms with van der Waals surface area (Å²) in [6.45, 7) is -0.666. The largest absolute Gasteiger partial charge is 0.458 e. The molecule has 0 spiro atoms. The molecule has 0 radical (unpaired) electrons. The smallest absolute Gasteiger partial charge is 0.344 e. The molecular formula is C20H12F6O6. The van der Waals surface area contributed by atoms with Crippen LogP contribution in [0, 0.1) is 0 Å². The van der Waals surface area contributed by atoms with E-state index in [1.165, 1.54) is 0 Å². The standard InChI is InChI=1S/C20H12F6O6/c21-15(22)17(25)31-13-5-1-11(2-6-13)19(27)29-9-10-30-20(28)12-3-7-14(8-4-12)32-18(26)16(23)24/h1-8H,9-10H2. The molecule has 0 aliphatic heterocycles. The average Bonchev–Trinajstić information content (AvgIpc) is 2.77. The van der Waals surface area contributed by atoms with Crippen molar-refractivity contribution in [1.29, 1.82) is 0 Å². The van der Waals surface area contributed by atoms with Crippen molar-refractivity contribution in [2.75, 3.05) is 13.2 Å². The average molecular weight is 462 g/mol. The Labute approximate surface area is 176 Å². The van der Waals surface area contributed by atoms with Crippen molar-refractivity contribution in [3.63, 3.8) is 0 Å². The molecule has 2 aromatic rings. The Kier molecular flexibility index (Phi) is 8.69. The van der Waals surface area contributed by atoms with E-state index < -0.39 is 36.1 Å². The first-order valence-electron chi connectivity index (χ1n) is 8.49. The van der Waals surface area contributed by atoms with Crippen molar-refractivity contribution < 1.29 is 54.9 Å². The summed E-state index contributed by atoms with van der Waals surface area (Å²) >= 11 is 0. The van der Waals surface area contributed by atoms with E-state index in [-0.39, 0.29) is 35.8 Å². The third-order valence-corrected chi connectivity index (χ3v) is 3.44. The Morgan fingerprint density at radius 2 is 0.875 bits per heavy atom. The number of ether oxygens (including phenoxy) is 4. The van der Waals surface area contributed by atoms with Crippen LogP contribution in [0.4, 0.5) is 26.3 Å². The Morgan fingerprint density at radius 3 is 1.16 bits per heavy atom. The van der Waals surface area contributed by atoms with Crippen LogP contribution in [0.2, 0.25) is 0 Å². The molecule has 12 heteroatoms. The first-order chi connectivity index (χ1) is 15.2. The van der Waals surface area contributed by atoms with Gasteiger partial charge in [0, 0.05) is 0 Å². The fraction of sp³-hybridized carbons (Fsp3) is 0.100. The van der Waals surface area contributed by atoms with Crippen LogP contribution in [-0.4, -0.2) is 25.2 Å². The van der Waals surface area contributed by atoms with E-state index in [4.69, 9.17) is 9.47 Å². The summed E-state index contributed by atoms with van der Waals surface area (Å²) in [6, 6.07) is 4.70. The van der Waals surface area contributed by atoms with Gasteiger partial charge in [-0.1, -0.05) is 0 Å². The monoisotopic (exact) mass is 462 g/mol.